The molecule has 2 heterocycles. The van der Waals surface area contributed by atoms with Crippen molar-refractivity contribution in [1.82, 2.24) is 9.97 Å². The first kappa shape index (κ1) is 10.4. The molecule has 2 aromatic heterocycles. The van der Waals surface area contributed by atoms with Crippen molar-refractivity contribution < 1.29 is 9.84 Å². The maximum Gasteiger partial charge on any atom is 0.278 e. The Morgan fingerprint density at radius 2 is 2.31 bits per heavy atom. The van der Waals surface area contributed by atoms with Crippen LogP contribution in [-0.2, 0) is 4.74 Å². The molecule has 0 aromatic carbocycles. The van der Waals surface area contributed by atoms with Crippen molar-refractivity contribution in [2.24, 2.45) is 0 Å². The predicted octanol–water partition coefficient (Wildman–Crippen LogP) is 2.52. The lowest BCUT2D eigenvalue weighted by Crippen LogP contribution is -1.91. The van der Waals surface area contributed by atoms with E-state index in [4.69, 9.17) is 4.74 Å². The highest BCUT2D eigenvalue weighted by Crippen LogP contribution is 2.11. The zero-order valence-corrected chi connectivity index (χ0v) is 8.92. The van der Waals surface area contributed by atoms with E-state index in [1.807, 2.05) is 18.2 Å². The van der Waals surface area contributed by atoms with E-state index in [0.717, 1.165) is 5.39 Å². The summed E-state index contributed by atoms with van der Waals surface area (Å²) in [6.07, 6.45) is 3.16. The molecule has 0 saturated carbocycles. The molecule has 0 fully saturated rings. The predicted molar refractivity (Wildman–Crippen MR) is 61.8 cm³/mol. The van der Waals surface area contributed by atoms with Crippen LogP contribution in [0.4, 0.5) is 0 Å². The van der Waals surface area contributed by atoms with E-state index in [-0.39, 0.29) is 5.95 Å². The number of aliphatic hydroxyl groups excluding tert-OH is 1. The minimum Gasteiger partial charge on any atom is -0.481 e. The van der Waals surface area contributed by atoms with Crippen LogP contribution in [0.1, 0.15) is 12.6 Å². The zero-order valence-electron chi connectivity index (χ0n) is 8.92. The van der Waals surface area contributed by atoms with E-state index < -0.39 is 0 Å². The number of ether oxygens (including phenoxy) is 1. The average Bonchev–Trinajstić information content (AvgIpc) is 2.29. The number of rotatable bonds is 3. The van der Waals surface area contributed by atoms with Gasteiger partial charge in [0.1, 0.15) is 0 Å². The van der Waals surface area contributed by atoms with E-state index in [1.165, 1.54) is 6.08 Å². The lowest BCUT2D eigenvalue weighted by molar-refractivity contribution is 0.107. The maximum atomic E-state index is 9.35. The molecule has 0 aliphatic carbocycles. The van der Waals surface area contributed by atoms with Crippen LogP contribution in [0.3, 0.4) is 0 Å². The maximum absolute atomic E-state index is 9.35. The van der Waals surface area contributed by atoms with Crippen LogP contribution in [0.2, 0.25) is 0 Å². The minimum atomic E-state index is -0.134. The molecule has 0 bridgehead atoms. The fourth-order valence-electron chi connectivity index (χ4n) is 1.36. The molecule has 0 atom stereocenters. The van der Waals surface area contributed by atoms with Crippen molar-refractivity contribution in [2.45, 2.75) is 6.92 Å². The van der Waals surface area contributed by atoms with Gasteiger partial charge in [0.25, 0.3) is 5.95 Å². The Hall–Kier alpha value is -2.10. The van der Waals surface area contributed by atoms with Gasteiger partial charge in [-0.1, -0.05) is 0 Å². The van der Waals surface area contributed by atoms with Gasteiger partial charge >= 0.3 is 0 Å². The van der Waals surface area contributed by atoms with E-state index in [0.29, 0.717) is 17.9 Å². The third kappa shape index (κ3) is 2.28. The number of aliphatic hydroxyl groups is 1. The van der Waals surface area contributed by atoms with Gasteiger partial charge in [-0.25, -0.2) is 9.97 Å². The van der Waals surface area contributed by atoms with E-state index >= 15 is 0 Å². The fraction of sp³-hybridized carbons (Fsp3) is 0.167. The summed E-state index contributed by atoms with van der Waals surface area (Å²) in [7, 11) is 0. The molecule has 2 rings (SSSR count). The highest BCUT2D eigenvalue weighted by atomic mass is 16.6. The van der Waals surface area contributed by atoms with E-state index in [1.54, 1.807) is 19.2 Å². The van der Waals surface area contributed by atoms with Crippen LogP contribution in [0.5, 0.6) is 0 Å². The Morgan fingerprint density at radius 1 is 1.44 bits per heavy atom. The lowest BCUT2D eigenvalue weighted by Gasteiger charge is -2.01. The fourth-order valence-corrected chi connectivity index (χ4v) is 1.36. The smallest absolute Gasteiger partial charge is 0.278 e. The molecule has 1 N–H and O–H groups in total. The standard InChI is InChI=1S/C12H12N2O2/c1-2-16-11(15)8-10-6-5-9-4-3-7-13-12(9)14-10/h3-8,15H,2H2,1H3/b11-8+. The number of aromatic nitrogens is 2. The Morgan fingerprint density at radius 3 is 3.12 bits per heavy atom. The van der Waals surface area contributed by atoms with Gasteiger partial charge in [0.05, 0.1) is 12.3 Å². The first-order valence-electron chi connectivity index (χ1n) is 5.05. The van der Waals surface area contributed by atoms with Gasteiger partial charge in [0.15, 0.2) is 5.65 Å². The van der Waals surface area contributed by atoms with Crippen molar-refractivity contribution in [2.75, 3.05) is 6.61 Å². The van der Waals surface area contributed by atoms with Gasteiger partial charge in [0, 0.05) is 17.7 Å². The van der Waals surface area contributed by atoms with Crippen LogP contribution in [0.15, 0.2) is 36.4 Å². The highest BCUT2D eigenvalue weighted by molar-refractivity contribution is 5.75. The van der Waals surface area contributed by atoms with Crippen LogP contribution < -0.4 is 0 Å². The molecule has 0 saturated heterocycles. The number of hydrogen-bond donors (Lipinski definition) is 1. The first-order chi connectivity index (χ1) is 7.79. The molecule has 0 aliphatic rings. The van der Waals surface area contributed by atoms with Gasteiger partial charge in [-0.05, 0) is 31.2 Å². The van der Waals surface area contributed by atoms with Gasteiger partial charge < -0.3 is 9.84 Å². The molecule has 0 amide bonds. The normalized spacial score (nSPS) is 11.7. The number of nitrogens with zero attached hydrogens (tertiary/aromatic N) is 2. The summed E-state index contributed by atoms with van der Waals surface area (Å²) in [6.45, 7) is 2.23. The summed E-state index contributed by atoms with van der Waals surface area (Å²) in [5.74, 6) is -0.134. The molecule has 16 heavy (non-hydrogen) atoms. The Bertz CT molecular complexity index is 523. The second kappa shape index (κ2) is 4.61. The molecular formula is C12H12N2O2. The largest absolute Gasteiger partial charge is 0.481 e. The molecule has 0 aliphatic heterocycles. The second-order valence-corrected chi connectivity index (χ2v) is 3.20. The van der Waals surface area contributed by atoms with Gasteiger partial charge in [-0.3, -0.25) is 0 Å². The molecule has 82 valence electrons. The number of hydrogen-bond acceptors (Lipinski definition) is 4. The van der Waals surface area contributed by atoms with Crippen LogP contribution >= 0.6 is 0 Å². The molecule has 2 aromatic rings. The Labute approximate surface area is 93.2 Å². The summed E-state index contributed by atoms with van der Waals surface area (Å²) in [4.78, 5) is 8.40. The van der Waals surface area contributed by atoms with E-state index in [9.17, 15) is 5.11 Å². The minimum absolute atomic E-state index is 0.134. The molecule has 0 unspecified atom stereocenters. The van der Waals surface area contributed by atoms with Crippen molar-refractivity contribution in [3.05, 3.63) is 42.1 Å². The molecular weight excluding hydrogens is 204 g/mol. The topological polar surface area (TPSA) is 55.2 Å². The van der Waals surface area contributed by atoms with Gasteiger partial charge in [-0.2, -0.15) is 0 Å². The molecule has 0 spiro atoms. The first-order valence-corrected chi connectivity index (χ1v) is 5.05. The molecule has 4 heteroatoms. The lowest BCUT2D eigenvalue weighted by atomic mass is 10.2. The summed E-state index contributed by atoms with van der Waals surface area (Å²) in [6, 6.07) is 7.50. The summed E-state index contributed by atoms with van der Waals surface area (Å²) >= 11 is 0. The summed E-state index contributed by atoms with van der Waals surface area (Å²) in [5.41, 5.74) is 1.28. The van der Waals surface area contributed by atoms with Crippen molar-refractivity contribution in [3.8, 4) is 0 Å². The van der Waals surface area contributed by atoms with Gasteiger partial charge in [-0.15, -0.1) is 0 Å². The Balaban J connectivity index is 2.36. The van der Waals surface area contributed by atoms with Crippen molar-refractivity contribution in [3.63, 3.8) is 0 Å². The third-order valence-electron chi connectivity index (χ3n) is 2.05. The van der Waals surface area contributed by atoms with Crippen LogP contribution in [0.25, 0.3) is 17.1 Å². The monoisotopic (exact) mass is 216 g/mol. The third-order valence-corrected chi connectivity index (χ3v) is 2.05. The van der Waals surface area contributed by atoms with E-state index in [2.05, 4.69) is 9.97 Å². The molecule has 0 radical (unpaired) electrons. The highest BCUT2D eigenvalue weighted by Gasteiger charge is 1.98. The SMILES string of the molecule is CCO/C(O)=C/c1ccc2cccnc2n1. The van der Waals surface area contributed by atoms with Crippen molar-refractivity contribution in [1.29, 1.82) is 0 Å². The number of fused-ring (bicyclic) bond motifs is 1. The molecule has 4 nitrogen and oxygen atoms in total. The summed E-state index contributed by atoms with van der Waals surface area (Å²) < 4.78 is 4.91. The quantitative estimate of drug-likeness (QED) is 0.801. The zero-order chi connectivity index (χ0) is 11.4. The van der Waals surface area contributed by atoms with Crippen LogP contribution in [-0.4, -0.2) is 21.7 Å². The number of pyridine rings is 2. The van der Waals surface area contributed by atoms with Crippen molar-refractivity contribution >= 4 is 17.1 Å². The van der Waals surface area contributed by atoms with Crippen LogP contribution in [0, 0.1) is 0 Å². The second-order valence-electron chi connectivity index (χ2n) is 3.20. The average molecular weight is 216 g/mol. The summed E-state index contributed by atoms with van der Waals surface area (Å²) in [5, 5.41) is 10.3. The van der Waals surface area contributed by atoms with Gasteiger partial charge in [0.2, 0.25) is 0 Å². The Kier molecular flexibility index (Phi) is 3.00.